The number of hydrogen-bond donors (Lipinski definition) is 1. The Balaban J connectivity index is 3.26. The molecule has 0 bridgehead atoms. The van der Waals surface area contributed by atoms with Crippen molar-refractivity contribution in [2.45, 2.75) is 40.0 Å². The van der Waals surface area contributed by atoms with Gasteiger partial charge in [-0.3, -0.25) is 0 Å². The van der Waals surface area contributed by atoms with E-state index in [2.05, 4.69) is 17.1 Å². The minimum absolute atomic E-state index is 0.331. The number of thiocarbonyl (C=S) groups is 1. The van der Waals surface area contributed by atoms with E-state index in [0.717, 1.165) is 36.1 Å². The molecule has 1 heterocycles. The van der Waals surface area contributed by atoms with Gasteiger partial charge in [-0.1, -0.05) is 33.0 Å². The second kappa shape index (κ2) is 6.49. The number of aromatic nitrogens is 2. The molecule has 0 aliphatic heterocycles. The zero-order chi connectivity index (χ0) is 12.8. The maximum absolute atomic E-state index is 5.77. The minimum Gasteiger partial charge on any atom is -0.476 e. The summed E-state index contributed by atoms with van der Waals surface area (Å²) in [5, 5.41) is 8.25. The molecule has 0 saturated carbocycles. The second-order valence-corrected chi connectivity index (χ2v) is 4.17. The van der Waals surface area contributed by atoms with Gasteiger partial charge in [-0.15, -0.1) is 5.10 Å². The van der Waals surface area contributed by atoms with Gasteiger partial charge < -0.3 is 10.5 Å². The van der Waals surface area contributed by atoms with Crippen molar-refractivity contribution < 1.29 is 4.74 Å². The van der Waals surface area contributed by atoms with Crippen LogP contribution in [0.5, 0.6) is 5.88 Å². The van der Waals surface area contributed by atoms with E-state index >= 15 is 0 Å². The molecule has 2 N–H and O–H groups in total. The molecule has 0 radical (unpaired) electrons. The number of aryl methyl sites for hydroxylation is 1. The molecule has 1 rings (SSSR count). The Kier molecular flexibility index (Phi) is 5.28. The van der Waals surface area contributed by atoms with Gasteiger partial charge in [0.1, 0.15) is 4.99 Å². The van der Waals surface area contributed by atoms with E-state index in [-0.39, 0.29) is 0 Å². The van der Waals surface area contributed by atoms with Crippen LogP contribution in [0, 0.1) is 0 Å². The SMILES string of the molecule is CCCOc1nnc(CC)c(CC)c1C(N)=S. The standard InChI is InChI=1S/C12H19N3OS/c1-4-7-16-12-10(11(13)17)8(5-2)9(6-3)14-15-12/h4-7H2,1-3H3,(H2,13,17). The lowest BCUT2D eigenvalue weighted by molar-refractivity contribution is 0.300. The topological polar surface area (TPSA) is 61.0 Å². The molecule has 0 saturated heterocycles. The first-order valence-corrected chi connectivity index (χ1v) is 6.37. The Morgan fingerprint density at radius 3 is 2.41 bits per heavy atom. The molecule has 0 unspecified atom stereocenters. The van der Waals surface area contributed by atoms with Crippen molar-refractivity contribution in [3.05, 3.63) is 16.8 Å². The number of nitrogens with zero attached hydrogens (tertiary/aromatic N) is 2. The van der Waals surface area contributed by atoms with Crippen molar-refractivity contribution in [3.63, 3.8) is 0 Å². The summed E-state index contributed by atoms with van der Waals surface area (Å²) in [7, 11) is 0. The molecule has 4 nitrogen and oxygen atoms in total. The molecular weight excluding hydrogens is 234 g/mol. The average Bonchev–Trinajstić information content (AvgIpc) is 2.34. The predicted molar refractivity (Wildman–Crippen MR) is 72.5 cm³/mol. The van der Waals surface area contributed by atoms with Gasteiger partial charge in [0.15, 0.2) is 0 Å². The summed E-state index contributed by atoms with van der Waals surface area (Å²) in [4.78, 5) is 0.331. The van der Waals surface area contributed by atoms with E-state index < -0.39 is 0 Å². The van der Waals surface area contributed by atoms with Crippen LogP contribution in [0.15, 0.2) is 0 Å². The highest BCUT2D eigenvalue weighted by Crippen LogP contribution is 2.22. The predicted octanol–water partition coefficient (Wildman–Crippen LogP) is 2.02. The summed E-state index contributed by atoms with van der Waals surface area (Å²) >= 11 is 5.09. The fourth-order valence-electron chi connectivity index (χ4n) is 1.71. The lowest BCUT2D eigenvalue weighted by Gasteiger charge is -2.14. The first-order valence-electron chi connectivity index (χ1n) is 5.96. The molecular formula is C12H19N3OS. The summed E-state index contributed by atoms with van der Waals surface area (Å²) in [6, 6.07) is 0. The van der Waals surface area contributed by atoms with Gasteiger partial charge in [-0.05, 0) is 24.8 Å². The molecule has 0 spiro atoms. The van der Waals surface area contributed by atoms with Gasteiger partial charge in [-0.25, -0.2) is 0 Å². The van der Waals surface area contributed by atoms with Crippen molar-refractivity contribution in [2.24, 2.45) is 5.73 Å². The Bertz CT molecular complexity index is 407. The lowest BCUT2D eigenvalue weighted by atomic mass is 10.0. The summed E-state index contributed by atoms with van der Waals surface area (Å²) in [5.41, 5.74) is 8.52. The van der Waals surface area contributed by atoms with Gasteiger partial charge in [-0.2, -0.15) is 5.10 Å². The van der Waals surface area contributed by atoms with Gasteiger partial charge in [0.2, 0.25) is 5.88 Å². The normalized spacial score (nSPS) is 10.3. The van der Waals surface area contributed by atoms with Crippen LogP contribution in [0.1, 0.15) is 44.0 Å². The zero-order valence-corrected chi connectivity index (χ0v) is 11.4. The molecule has 1 aromatic heterocycles. The third kappa shape index (κ3) is 3.12. The van der Waals surface area contributed by atoms with Crippen molar-refractivity contribution in [1.82, 2.24) is 10.2 Å². The lowest BCUT2D eigenvalue weighted by Crippen LogP contribution is -2.18. The van der Waals surface area contributed by atoms with Gasteiger partial charge in [0.25, 0.3) is 0 Å². The van der Waals surface area contributed by atoms with E-state index in [1.54, 1.807) is 0 Å². The molecule has 0 aliphatic rings. The maximum atomic E-state index is 5.77. The maximum Gasteiger partial charge on any atom is 0.244 e. The minimum atomic E-state index is 0.331. The van der Waals surface area contributed by atoms with Gasteiger partial charge in [0.05, 0.1) is 17.9 Å². The molecule has 0 amide bonds. The summed E-state index contributed by atoms with van der Waals surface area (Å²) in [5.74, 6) is 0.466. The van der Waals surface area contributed by atoms with Crippen LogP contribution in [0.25, 0.3) is 0 Å². The molecule has 0 atom stereocenters. The molecule has 94 valence electrons. The highest BCUT2D eigenvalue weighted by Gasteiger charge is 2.17. The molecule has 1 aromatic rings. The first-order chi connectivity index (χ1) is 8.15. The Labute approximate surface area is 108 Å². The summed E-state index contributed by atoms with van der Waals surface area (Å²) in [6.45, 7) is 6.73. The molecule has 0 aromatic carbocycles. The number of rotatable bonds is 6. The Morgan fingerprint density at radius 1 is 1.24 bits per heavy atom. The Morgan fingerprint density at radius 2 is 1.94 bits per heavy atom. The van der Waals surface area contributed by atoms with Crippen LogP contribution in [0.2, 0.25) is 0 Å². The smallest absolute Gasteiger partial charge is 0.244 e. The average molecular weight is 253 g/mol. The molecule has 5 heteroatoms. The van der Waals surface area contributed by atoms with E-state index in [0.29, 0.717) is 17.5 Å². The van der Waals surface area contributed by atoms with Crippen molar-refractivity contribution >= 4 is 17.2 Å². The zero-order valence-electron chi connectivity index (χ0n) is 10.6. The number of nitrogens with two attached hydrogens (primary N) is 1. The van der Waals surface area contributed by atoms with Crippen LogP contribution in [-0.4, -0.2) is 21.8 Å². The fourth-order valence-corrected chi connectivity index (χ4v) is 1.92. The van der Waals surface area contributed by atoms with Crippen molar-refractivity contribution in [2.75, 3.05) is 6.61 Å². The van der Waals surface area contributed by atoms with Crippen LogP contribution in [0.3, 0.4) is 0 Å². The fraction of sp³-hybridized carbons (Fsp3) is 0.583. The summed E-state index contributed by atoms with van der Waals surface area (Å²) in [6.07, 6.45) is 2.56. The second-order valence-electron chi connectivity index (χ2n) is 3.73. The van der Waals surface area contributed by atoms with E-state index in [9.17, 15) is 0 Å². The number of hydrogen-bond acceptors (Lipinski definition) is 4. The van der Waals surface area contributed by atoms with Crippen molar-refractivity contribution in [1.29, 1.82) is 0 Å². The van der Waals surface area contributed by atoms with Crippen LogP contribution < -0.4 is 10.5 Å². The van der Waals surface area contributed by atoms with E-state index in [1.165, 1.54) is 0 Å². The highest BCUT2D eigenvalue weighted by atomic mass is 32.1. The van der Waals surface area contributed by atoms with E-state index in [1.807, 2.05) is 13.8 Å². The quantitative estimate of drug-likeness (QED) is 0.786. The monoisotopic (exact) mass is 253 g/mol. The van der Waals surface area contributed by atoms with Crippen molar-refractivity contribution in [3.8, 4) is 5.88 Å². The molecule has 0 fully saturated rings. The van der Waals surface area contributed by atoms with Crippen LogP contribution >= 0.6 is 12.2 Å². The number of ether oxygens (including phenoxy) is 1. The van der Waals surface area contributed by atoms with Gasteiger partial charge >= 0.3 is 0 Å². The van der Waals surface area contributed by atoms with Crippen LogP contribution in [0.4, 0.5) is 0 Å². The third-order valence-corrected chi connectivity index (χ3v) is 2.71. The largest absolute Gasteiger partial charge is 0.476 e. The highest BCUT2D eigenvalue weighted by molar-refractivity contribution is 7.80. The first kappa shape index (κ1) is 13.8. The summed E-state index contributed by atoms with van der Waals surface area (Å²) < 4.78 is 5.55. The molecule has 0 aliphatic carbocycles. The Hall–Kier alpha value is -1.23. The van der Waals surface area contributed by atoms with Gasteiger partial charge in [0, 0.05) is 0 Å². The molecule has 17 heavy (non-hydrogen) atoms. The van der Waals surface area contributed by atoms with E-state index in [4.69, 9.17) is 22.7 Å². The third-order valence-electron chi connectivity index (χ3n) is 2.50. The van der Waals surface area contributed by atoms with Crippen LogP contribution in [-0.2, 0) is 12.8 Å².